The molecular formula is C28H34N4O2. The number of hydrogen-bond donors (Lipinski definition) is 1. The summed E-state index contributed by atoms with van der Waals surface area (Å²) in [5.74, 6) is -0.266. The Kier molecular flexibility index (Phi) is 7.91. The van der Waals surface area contributed by atoms with Crippen LogP contribution in [0.15, 0.2) is 65.7 Å². The predicted molar refractivity (Wildman–Crippen MR) is 135 cm³/mol. The Bertz CT molecular complexity index is 1160. The highest BCUT2D eigenvalue weighted by Gasteiger charge is 2.23. The fourth-order valence-electron chi connectivity index (χ4n) is 4.92. The third-order valence-electron chi connectivity index (χ3n) is 6.87. The zero-order chi connectivity index (χ0) is 23.9. The molecule has 2 aromatic heterocycles. The first-order valence-corrected chi connectivity index (χ1v) is 12.2. The summed E-state index contributed by atoms with van der Waals surface area (Å²) in [6.07, 6.45) is 8.18. The van der Waals surface area contributed by atoms with Crippen molar-refractivity contribution in [2.75, 3.05) is 20.1 Å². The van der Waals surface area contributed by atoms with E-state index in [0.717, 1.165) is 42.8 Å². The van der Waals surface area contributed by atoms with E-state index in [1.807, 2.05) is 37.3 Å². The van der Waals surface area contributed by atoms with E-state index in [1.165, 1.54) is 12.0 Å². The summed E-state index contributed by atoms with van der Waals surface area (Å²) < 4.78 is 2.11. The number of carbonyl (C=O) groups is 1. The van der Waals surface area contributed by atoms with Crippen LogP contribution in [0, 0.1) is 6.92 Å². The van der Waals surface area contributed by atoms with E-state index in [1.54, 1.807) is 18.5 Å². The van der Waals surface area contributed by atoms with Gasteiger partial charge < -0.3 is 14.8 Å². The Hall–Kier alpha value is -3.25. The van der Waals surface area contributed by atoms with Crippen molar-refractivity contribution in [3.63, 3.8) is 0 Å². The number of pyridine rings is 2. The number of likely N-dealkylation sites (tertiary alicyclic amines) is 1. The van der Waals surface area contributed by atoms with Gasteiger partial charge in [-0.3, -0.25) is 14.6 Å². The zero-order valence-corrected chi connectivity index (χ0v) is 20.2. The number of benzene rings is 1. The van der Waals surface area contributed by atoms with E-state index < -0.39 is 0 Å². The molecule has 6 heteroatoms. The molecular weight excluding hydrogens is 424 g/mol. The lowest BCUT2D eigenvalue weighted by Gasteiger charge is -2.21. The maximum Gasteiger partial charge on any atom is 0.257 e. The highest BCUT2D eigenvalue weighted by atomic mass is 16.2. The first-order valence-electron chi connectivity index (χ1n) is 12.2. The lowest BCUT2D eigenvalue weighted by molar-refractivity contribution is 0.0947. The van der Waals surface area contributed by atoms with E-state index in [0.29, 0.717) is 25.6 Å². The maximum absolute atomic E-state index is 13.3. The molecule has 34 heavy (non-hydrogen) atoms. The molecule has 3 heterocycles. The van der Waals surface area contributed by atoms with E-state index in [9.17, 15) is 9.59 Å². The van der Waals surface area contributed by atoms with E-state index >= 15 is 0 Å². The fourth-order valence-corrected chi connectivity index (χ4v) is 4.92. The lowest BCUT2D eigenvalue weighted by Crippen LogP contribution is -2.36. The summed E-state index contributed by atoms with van der Waals surface area (Å²) in [6, 6.07) is 16.2. The fraction of sp³-hybridized carbons (Fsp3) is 0.393. The second-order valence-corrected chi connectivity index (χ2v) is 9.22. The van der Waals surface area contributed by atoms with Crippen LogP contribution in [-0.4, -0.2) is 46.5 Å². The Labute approximate surface area is 201 Å². The predicted octanol–water partition coefficient (Wildman–Crippen LogP) is 3.60. The molecule has 1 N–H and O–H groups in total. The third kappa shape index (κ3) is 5.81. The number of rotatable bonds is 9. The molecule has 1 aromatic carbocycles. The molecule has 0 saturated carbocycles. The average Bonchev–Trinajstić information content (AvgIpc) is 3.25. The number of nitrogens with one attached hydrogen (secondary N) is 1. The number of aryl methyl sites for hydroxylation is 2. The van der Waals surface area contributed by atoms with Crippen LogP contribution in [0.25, 0.3) is 0 Å². The minimum absolute atomic E-state index is 0.206. The van der Waals surface area contributed by atoms with Crippen molar-refractivity contribution in [3.05, 3.63) is 99.2 Å². The summed E-state index contributed by atoms with van der Waals surface area (Å²) in [6.45, 7) is 4.21. The second kappa shape index (κ2) is 11.3. The first-order chi connectivity index (χ1) is 16.5. The zero-order valence-electron chi connectivity index (χ0n) is 20.2. The Balaban J connectivity index is 1.62. The van der Waals surface area contributed by atoms with Crippen molar-refractivity contribution in [2.24, 2.45) is 0 Å². The smallest absolute Gasteiger partial charge is 0.257 e. The molecule has 1 saturated heterocycles. The van der Waals surface area contributed by atoms with Gasteiger partial charge in [0.2, 0.25) is 0 Å². The summed E-state index contributed by atoms with van der Waals surface area (Å²) in [7, 11) is 2.14. The van der Waals surface area contributed by atoms with Crippen LogP contribution in [0.1, 0.15) is 52.1 Å². The van der Waals surface area contributed by atoms with Gasteiger partial charge in [0.15, 0.2) is 5.43 Å². The summed E-state index contributed by atoms with van der Waals surface area (Å²) >= 11 is 0. The minimum atomic E-state index is -0.266. The van der Waals surface area contributed by atoms with E-state index in [-0.39, 0.29) is 16.9 Å². The quantitative estimate of drug-likeness (QED) is 0.532. The van der Waals surface area contributed by atoms with Gasteiger partial charge >= 0.3 is 0 Å². The molecule has 0 spiro atoms. The molecule has 1 aliphatic rings. The topological polar surface area (TPSA) is 67.2 Å². The number of aromatic nitrogens is 2. The van der Waals surface area contributed by atoms with Crippen molar-refractivity contribution < 1.29 is 4.79 Å². The number of nitrogens with zero attached hydrogens (tertiary/aromatic N) is 3. The number of carbonyl (C=O) groups excluding carboxylic acids is 1. The van der Waals surface area contributed by atoms with Gasteiger partial charge in [0.05, 0.1) is 0 Å². The van der Waals surface area contributed by atoms with Crippen molar-refractivity contribution >= 4 is 5.91 Å². The summed E-state index contributed by atoms with van der Waals surface area (Å²) in [4.78, 5) is 32.9. The molecule has 1 amide bonds. The minimum Gasteiger partial charge on any atom is -0.352 e. The van der Waals surface area contributed by atoms with Gasteiger partial charge in [-0.25, -0.2) is 0 Å². The van der Waals surface area contributed by atoms with Gasteiger partial charge in [-0.2, -0.15) is 0 Å². The highest BCUT2D eigenvalue weighted by Crippen LogP contribution is 2.18. The lowest BCUT2D eigenvalue weighted by atomic mass is 10.0. The summed E-state index contributed by atoms with van der Waals surface area (Å²) in [5, 5.41) is 3.05. The van der Waals surface area contributed by atoms with Gasteiger partial charge in [-0.05, 0) is 75.9 Å². The van der Waals surface area contributed by atoms with Crippen LogP contribution >= 0.6 is 0 Å². The van der Waals surface area contributed by atoms with E-state index in [2.05, 4.69) is 38.9 Å². The van der Waals surface area contributed by atoms with Gasteiger partial charge in [-0.1, -0.05) is 30.3 Å². The molecule has 1 atom stereocenters. The van der Waals surface area contributed by atoms with Gasteiger partial charge in [-0.15, -0.1) is 0 Å². The molecule has 1 fully saturated rings. The van der Waals surface area contributed by atoms with Crippen molar-refractivity contribution in [1.82, 2.24) is 19.8 Å². The van der Waals surface area contributed by atoms with E-state index in [4.69, 9.17) is 0 Å². The largest absolute Gasteiger partial charge is 0.352 e. The van der Waals surface area contributed by atoms with Crippen LogP contribution in [0.3, 0.4) is 0 Å². The normalized spacial score (nSPS) is 16.0. The molecule has 3 aromatic rings. The van der Waals surface area contributed by atoms with Crippen molar-refractivity contribution in [3.8, 4) is 0 Å². The standard InChI is InChI=1S/C28H34N4O2/c1-21-19-26(33)27(28(34)30-17-14-24-9-6-18-31(24)2)25(11-10-22-7-4-3-5-8-22)32(21)20-23-12-15-29-16-13-23/h3-5,7-8,12-13,15-16,19,24H,6,9-11,14,17-18,20H2,1-2H3,(H,30,34)/t24-/m1/s1. The van der Waals surface area contributed by atoms with Crippen LogP contribution in [0.2, 0.25) is 0 Å². The molecule has 6 nitrogen and oxygen atoms in total. The third-order valence-corrected chi connectivity index (χ3v) is 6.87. The Morgan fingerprint density at radius 1 is 1.09 bits per heavy atom. The van der Waals surface area contributed by atoms with Crippen LogP contribution in [0.5, 0.6) is 0 Å². The first kappa shape index (κ1) is 23.9. The highest BCUT2D eigenvalue weighted by molar-refractivity contribution is 5.95. The molecule has 4 rings (SSSR count). The molecule has 0 radical (unpaired) electrons. The molecule has 0 bridgehead atoms. The second-order valence-electron chi connectivity index (χ2n) is 9.22. The Morgan fingerprint density at radius 2 is 1.85 bits per heavy atom. The van der Waals surface area contributed by atoms with Gasteiger partial charge in [0, 0.05) is 49.0 Å². The number of amides is 1. The monoisotopic (exact) mass is 458 g/mol. The molecule has 1 aliphatic heterocycles. The van der Waals surface area contributed by atoms with Crippen LogP contribution in [-0.2, 0) is 19.4 Å². The molecule has 0 unspecified atom stereocenters. The Morgan fingerprint density at radius 3 is 2.56 bits per heavy atom. The molecule has 178 valence electrons. The van der Waals surface area contributed by atoms with Crippen molar-refractivity contribution in [2.45, 2.75) is 51.6 Å². The SMILES string of the molecule is Cc1cc(=O)c(C(=O)NCC[C@H]2CCCN2C)c(CCc2ccccc2)n1Cc1ccncc1. The average molecular weight is 459 g/mol. The summed E-state index contributed by atoms with van der Waals surface area (Å²) in [5.41, 5.74) is 3.98. The van der Waals surface area contributed by atoms with Gasteiger partial charge in [0.1, 0.15) is 5.56 Å². The van der Waals surface area contributed by atoms with Crippen LogP contribution < -0.4 is 10.7 Å². The number of hydrogen-bond acceptors (Lipinski definition) is 4. The van der Waals surface area contributed by atoms with Gasteiger partial charge in [0.25, 0.3) is 5.91 Å². The molecule has 0 aliphatic carbocycles. The van der Waals surface area contributed by atoms with Crippen molar-refractivity contribution in [1.29, 1.82) is 0 Å². The maximum atomic E-state index is 13.3. The van der Waals surface area contributed by atoms with Crippen LogP contribution in [0.4, 0.5) is 0 Å².